The Balaban J connectivity index is 1.88. The largest absolute Gasteiger partial charge is 0.493 e. The number of ether oxygens (including phenoxy) is 1. The molecule has 0 aliphatic rings. The molecule has 1 atom stereocenters. The van der Waals surface area contributed by atoms with Crippen LogP contribution in [0.3, 0.4) is 0 Å². The minimum absolute atomic E-state index is 0.0301. The Morgan fingerprint density at radius 2 is 1.87 bits per heavy atom. The summed E-state index contributed by atoms with van der Waals surface area (Å²) < 4.78 is 11.9. The Bertz CT molecular complexity index is 1300. The topological polar surface area (TPSA) is 114 Å². The maximum atomic E-state index is 12.5. The van der Waals surface area contributed by atoms with Crippen LogP contribution in [0.4, 0.5) is 0 Å². The molecular formula is C30H36O7S. The van der Waals surface area contributed by atoms with Crippen molar-refractivity contribution in [2.24, 2.45) is 0 Å². The SMILES string of the molecule is CCCCSCc1cccc(C(CCCC(=O)O)COc2ccc3c(=O)cc(C(=O)O)oc3c2CCC)c1. The van der Waals surface area contributed by atoms with Gasteiger partial charge >= 0.3 is 11.9 Å². The molecule has 0 radical (unpaired) electrons. The van der Waals surface area contributed by atoms with Crippen LogP contribution in [0.15, 0.2) is 51.7 Å². The van der Waals surface area contributed by atoms with Crippen LogP contribution in [0.2, 0.25) is 0 Å². The van der Waals surface area contributed by atoms with Crippen LogP contribution in [0, 0.1) is 0 Å². The van der Waals surface area contributed by atoms with Gasteiger partial charge in [-0.2, -0.15) is 11.8 Å². The fraction of sp³-hybridized carbons (Fsp3) is 0.433. The molecule has 0 fully saturated rings. The van der Waals surface area contributed by atoms with Gasteiger partial charge in [-0.05, 0) is 54.7 Å². The van der Waals surface area contributed by atoms with Gasteiger partial charge in [0.15, 0.2) is 5.43 Å². The van der Waals surface area contributed by atoms with Crippen LogP contribution in [0.25, 0.3) is 11.0 Å². The first kappa shape index (κ1) is 29.3. The van der Waals surface area contributed by atoms with E-state index in [9.17, 15) is 19.5 Å². The number of carboxylic acids is 2. The lowest BCUT2D eigenvalue weighted by Gasteiger charge is -2.20. The van der Waals surface area contributed by atoms with Crippen LogP contribution in [0.1, 0.15) is 85.5 Å². The maximum absolute atomic E-state index is 12.5. The van der Waals surface area contributed by atoms with Crippen molar-refractivity contribution in [3.8, 4) is 5.75 Å². The van der Waals surface area contributed by atoms with Crippen molar-refractivity contribution in [2.45, 2.75) is 70.5 Å². The second-order valence-electron chi connectivity index (χ2n) is 9.39. The van der Waals surface area contributed by atoms with Gasteiger partial charge in [0.1, 0.15) is 11.3 Å². The number of aryl methyl sites for hydroxylation is 1. The molecule has 0 amide bonds. The zero-order chi connectivity index (χ0) is 27.5. The van der Waals surface area contributed by atoms with Crippen LogP contribution in [-0.2, 0) is 17.0 Å². The number of aromatic carboxylic acids is 1. The molecule has 1 heterocycles. The average molecular weight is 541 g/mol. The number of hydrogen-bond acceptors (Lipinski definition) is 6. The van der Waals surface area contributed by atoms with Gasteiger partial charge in [0, 0.05) is 29.7 Å². The number of carbonyl (C=O) groups is 2. The van der Waals surface area contributed by atoms with E-state index in [2.05, 4.69) is 25.1 Å². The molecule has 38 heavy (non-hydrogen) atoms. The van der Waals surface area contributed by atoms with E-state index >= 15 is 0 Å². The Morgan fingerprint density at radius 3 is 2.58 bits per heavy atom. The zero-order valence-electron chi connectivity index (χ0n) is 22.0. The van der Waals surface area contributed by atoms with E-state index in [0.29, 0.717) is 42.6 Å². The van der Waals surface area contributed by atoms with Crippen LogP contribution >= 0.6 is 11.8 Å². The monoisotopic (exact) mass is 540 g/mol. The number of thioether (sulfide) groups is 1. The summed E-state index contributed by atoms with van der Waals surface area (Å²) in [5.41, 5.74) is 2.82. The van der Waals surface area contributed by atoms with Crippen molar-refractivity contribution >= 4 is 34.7 Å². The van der Waals surface area contributed by atoms with Gasteiger partial charge in [-0.15, -0.1) is 0 Å². The molecule has 0 spiro atoms. The van der Waals surface area contributed by atoms with E-state index in [1.54, 1.807) is 12.1 Å². The van der Waals surface area contributed by atoms with E-state index in [0.717, 1.165) is 29.6 Å². The highest BCUT2D eigenvalue weighted by atomic mass is 32.2. The standard InChI is InChI=1S/C30H36O7S/c1-3-5-15-38-19-20-9-6-10-21(16-20)22(11-7-12-28(32)33)18-36-26-14-13-23-25(31)17-27(30(34)35)37-29(23)24(26)8-4-2/h6,9-10,13-14,16-17,22H,3-5,7-8,11-12,15,18-19H2,1-2H3,(H,32,33)(H,34,35). The summed E-state index contributed by atoms with van der Waals surface area (Å²) in [4.78, 5) is 35.2. The molecule has 0 aliphatic heterocycles. The van der Waals surface area contributed by atoms with E-state index in [-0.39, 0.29) is 17.9 Å². The van der Waals surface area contributed by atoms with Gasteiger partial charge in [-0.1, -0.05) is 51.0 Å². The third kappa shape index (κ3) is 8.12. The van der Waals surface area contributed by atoms with Crippen molar-refractivity contribution < 1.29 is 29.0 Å². The molecule has 2 N–H and O–H groups in total. The Morgan fingerprint density at radius 1 is 1.05 bits per heavy atom. The molecule has 204 valence electrons. The number of aliphatic carboxylic acids is 1. The summed E-state index contributed by atoms with van der Waals surface area (Å²) >= 11 is 1.91. The molecular weight excluding hydrogens is 504 g/mol. The molecule has 7 nitrogen and oxygen atoms in total. The molecule has 3 rings (SSSR count). The highest BCUT2D eigenvalue weighted by Gasteiger charge is 2.19. The molecule has 3 aromatic rings. The lowest BCUT2D eigenvalue weighted by Crippen LogP contribution is -2.13. The molecule has 0 bridgehead atoms. The lowest BCUT2D eigenvalue weighted by atomic mass is 9.93. The molecule has 8 heteroatoms. The fourth-order valence-corrected chi connectivity index (χ4v) is 5.45. The van der Waals surface area contributed by atoms with Crippen molar-refractivity contribution in [3.63, 3.8) is 0 Å². The van der Waals surface area contributed by atoms with E-state index < -0.39 is 23.1 Å². The highest BCUT2D eigenvalue weighted by Crippen LogP contribution is 2.31. The predicted molar refractivity (Wildman–Crippen MR) is 151 cm³/mol. The second kappa shape index (κ2) is 14.6. The molecule has 0 aliphatic carbocycles. The van der Waals surface area contributed by atoms with Gasteiger partial charge in [-0.3, -0.25) is 9.59 Å². The fourth-order valence-electron chi connectivity index (χ4n) is 4.39. The predicted octanol–water partition coefficient (Wildman–Crippen LogP) is 6.89. The molecule has 0 saturated carbocycles. The summed E-state index contributed by atoms with van der Waals surface area (Å²) in [7, 11) is 0. The highest BCUT2D eigenvalue weighted by molar-refractivity contribution is 7.98. The van der Waals surface area contributed by atoms with Gasteiger partial charge in [-0.25, -0.2) is 4.79 Å². The minimum Gasteiger partial charge on any atom is -0.493 e. The number of unbranched alkanes of at least 4 members (excludes halogenated alkanes) is 1. The molecule has 2 aromatic carbocycles. The Labute approximate surface area is 227 Å². The van der Waals surface area contributed by atoms with Crippen molar-refractivity contribution in [2.75, 3.05) is 12.4 Å². The average Bonchev–Trinajstić information content (AvgIpc) is 2.89. The lowest BCUT2D eigenvalue weighted by molar-refractivity contribution is -0.137. The van der Waals surface area contributed by atoms with Crippen molar-refractivity contribution in [3.05, 3.63) is 75.1 Å². The number of hydrogen-bond donors (Lipinski definition) is 2. The summed E-state index contributed by atoms with van der Waals surface area (Å²) in [5.74, 6) is 0.0218. The normalized spacial score (nSPS) is 11.9. The van der Waals surface area contributed by atoms with Crippen LogP contribution < -0.4 is 10.2 Å². The molecule has 1 unspecified atom stereocenters. The maximum Gasteiger partial charge on any atom is 0.371 e. The van der Waals surface area contributed by atoms with E-state index in [1.165, 1.54) is 18.4 Å². The van der Waals surface area contributed by atoms with Gasteiger partial charge in [0.05, 0.1) is 12.0 Å². The van der Waals surface area contributed by atoms with Gasteiger partial charge in [0.25, 0.3) is 0 Å². The van der Waals surface area contributed by atoms with Crippen LogP contribution in [-0.4, -0.2) is 34.5 Å². The Hall–Kier alpha value is -3.26. The number of benzene rings is 2. The summed E-state index contributed by atoms with van der Waals surface area (Å²) in [5, 5.41) is 18.9. The third-order valence-electron chi connectivity index (χ3n) is 6.38. The molecule has 0 saturated heterocycles. The Kier molecular flexibility index (Phi) is 11.3. The van der Waals surface area contributed by atoms with Gasteiger partial charge < -0.3 is 19.4 Å². The minimum atomic E-state index is -1.30. The third-order valence-corrected chi connectivity index (χ3v) is 7.50. The second-order valence-corrected chi connectivity index (χ2v) is 10.5. The number of carboxylic acid groups (broad SMARTS) is 2. The zero-order valence-corrected chi connectivity index (χ0v) is 22.9. The summed E-state index contributed by atoms with van der Waals surface area (Å²) in [6, 6.07) is 12.7. The smallest absolute Gasteiger partial charge is 0.371 e. The first-order chi connectivity index (χ1) is 18.3. The quantitative estimate of drug-likeness (QED) is 0.189. The van der Waals surface area contributed by atoms with Gasteiger partial charge in [0.2, 0.25) is 5.76 Å². The van der Waals surface area contributed by atoms with E-state index in [4.69, 9.17) is 14.3 Å². The molecule has 1 aromatic heterocycles. The number of rotatable bonds is 16. The first-order valence-electron chi connectivity index (χ1n) is 13.2. The van der Waals surface area contributed by atoms with E-state index in [1.807, 2.05) is 24.8 Å². The van der Waals surface area contributed by atoms with Crippen LogP contribution in [0.5, 0.6) is 5.75 Å². The van der Waals surface area contributed by atoms with Crippen molar-refractivity contribution in [1.82, 2.24) is 0 Å². The summed E-state index contributed by atoms with van der Waals surface area (Å²) in [6.45, 7) is 4.49. The number of fused-ring (bicyclic) bond motifs is 1. The van der Waals surface area contributed by atoms with Crippen molar-refractivity contribution in [1.29, 1.82) is 0 Å². The summed E-state index contributed by atoms with van der Waals surface area (Å²) in [6.07, 6.45) is 4.91. The first-order valence-corrected chi connectivity index (χ1v) is 14.3.